The molecule has 0 saturated carbocycles. The third-order valence-corrected chi connectivity index (χ3v) is 7.16. The fraction of sp³-hybridized carbons (Fsp3) is 0.545. The topological polar surface area (TPSA) is 212 Å². The number of Topliss-reactive ketones (excluding diaryl/α,β-unsaturated/α-hetero) is 1. The van der Waals surface area contributed by atoms with Crippen molar-refractivity contribution in [1.29, 1.82) is 0 Å². The number of hydrogen-bond donors (Lipinski definition) is 5. The number of nitrogens with zero attached hydrogens (tertiary/aromatic N) is 2. The van der Waals surface area contributed by atoms with E-state index in [4.69, 9.17) is 10.3 Å². The van der Waals surface area contributed by atoms with E-state index in [1.54, 1.807) is 40.8 Å². The number of ketones is 1. The monoisotopic (exact) mass is 653 g/mol. The molecule has 0 bridgehead atoms. The maximum Gasteiger partial charge on any atom is 0.328 e. The third-order valence-electron chi connectivity index (χ3n) is 7.16. The normalized spacial score (nSPS) is 13.1. The number of rotatable bonds is 18. The smallest absolute Gasteiger partial charge is 0.328 e. The molecular weight excluding hydrogens is 606 g/mol. The number of nitrogens with one attached hydrogen (secondary N) is 5. The molecule has 0 aliphatic carbocycles. The van der Waals surface area contributed by atoms with E-state index >= 15 is 0 Å². The molecule has 256 valence electrons. The highest BCUT2D eigenvalue weighted by molar-refractivity contribution is 6.25. The van der Waals surface area contributed by atoms with Gasteiger partial charge in [0.15, 0.2) is 0 Å². The maximum atomic E-state index is 13.9. The number of carbonyl (C=O) groups excluding carboxylic acids is 6. The molecule has 2 aromatic rings. The minimum atomic E-state index is -1.23. The molecule has 0 unspecified atom stereocenters. The first-order valence-electron chi connectivity index (χ1n) is 15.7. The second kappa shape index (κ2) is 18.3. The van der Waals surface area contributed by atoms with Gasteiger partial charge in [0.2, 0.25) is 29.4 Å². The van der Waals surface area contributed by atoms with Crippen LogP contribution in [0.2, 0.25) is 0 Å². The summed E-state index contributed by atoms with van der Waals surface area (Å²) in [4.78, 5) is 82.6. The van der Waals surface area contributed by atoms with Gasteiger partial charge in [0, 0.05) is 48.8 Å². The van der Waals surface area contributed by atoms with Crippen molar-refractivity contribution < 1.29 is 38.3 Å². The number of carbonyl (C=O) groups is 6. The first-order chi connectivity index (χ1) is 22.1. The lowest BCUT2D eigenvalue weighted by molar-refractivity contribution is -0.152. The number of benzene rings is 1. The summed E-state index contributed by atoms with van der Waals surface area (Å²) in [5.74, 6) is -3.20. The number of aromatic amines is 1. The number of H-pyrrole nitrogens is 1. The van der Waals surface area contributed by atoms with Crippen LogP contribution in [0.3, 0.4) is 0 Å². The number of para-hydroxylation sites is 1. The Balaban J connectivity index is 2.35. The molecule has 1 heterocycles. The van der Waals surface area contributed by atoms with Crippen molar-refractivity contribution in [3.63, 3.8) is 0 Å². The Labute approximate surface area is 274 Å². The van der Waals surface area contributed by atoms with Gasteiger partial charge in [-0.3, -0.25) is 24.0 Å². The second-order valence-electron chi connectivity index (χ2n) is 12.7. The summed E-state index contributed by atoms with van der Waals surface area (Å²) in [5, 5.41) is 11.8. The molecule has 1 aromatic carbocycles. The number of unbranched alkanes of at least 4 members (excludes halogenated alkanes) is 1. The number of amides is 4. The van der Waals surface area contributed by atoms with Gasteiger partial charge in [-0.15, -0.1) is 0 Å². The Kier molecular flexibility index (Phi) is 15.0. The van der Waals surface area contributed by atoms with Crippen LogP contribution in [-0.4, -0.2) is 82.1 Å². The van der Waals surface area contributed by atoms with Crippen LogP contribution in [-0.2, 0) is 39.9 Å². The summed E-state index contributed by atoms with van der Waals surface area (Å²) in [6.45, 7) is 10.2. The van der Waals surface area contributed by atoms with Crippen LogP contribution >= 0.6 is 0 Å². The first-order valence-corrected chi connectivity index (χ1v) is 15.7. The summed E-state index contributed by atoms with van der Waals surface area (Å²) in [6.07, 6.45) is 2.81. The zero-order valence-electron chi connectivity index (χ0n) is 28.0. The van der Waals surface area contributed by atoms with Crippen molar-refractivity contribution in [3.05, 3.63) is 41.6 Å². The average molecular weight is 654 g/mol. The van der Waals surface area contributed by atoms with Crippen LogP contribution < -0.4 is 21.3 Å². The van der Waals surface area contributed by atoms with E-state index in [1.165, 1.54) is 6.92 Å². The lowest BCUT2D eigenvalue weighted by Gasteiger charge is -2.27. The van der Waals surface area contributed by atoms with Crippen molar-refractivity contribution in [2.75, 3.05) is 6.54 Å². The molecule has 2 rings (SSSR count). The number of fused-ring (bicyclic) bond motifs is 1. The molecular formula is C33H47N7O7. The quantitative estimate of drug-likeness (QED) is 0.0531. The van der Waals surface area contributed by atoms with Gasteiger partial charge in [-0.25, -0.2) is 4.79 Å². The zero-order valence-corrected chi connectivity index (χ0v) is 28.0. The number of ether oxygens (including phenoxy) is 1. The van der Waals surface area contributed by atoms with Crippen molar-refractivity contribution in [1.82, 2.24) is 26.3 Å². The van der Waals surface area contributed by atoms with Crippen LogP contribution in [0, 0.1) is 5.41 Å². The number of esters is 1. The molecule has 0 saturated heterocycles. The van der Waals surface area contributed by atoms with Gasteiger partial charge in [-0.05, 0) is 51.2 Å². The fourth-order valence-corrected chi connectivity index (χ4v) is 4.63. The van der Waals surface area contributed by atoms with E-state index in [0.717, 1.165) is 16.5 Å². The van der Waals surface area contributed by atoms with Gasteiger partial charge in [-0.1, -0.05) is 39.0 Å². The highest BCUT2D eigenvalue weighted by Gasteiger charge is 2.33. The minimum Gasteiger partial charge on any atom is -0.461 e. The van der Waals surface area contributed by atoms with Gasteiger partial charge in [0.05, 0.1) is 6.10 Å². The van der Waals surface area contributed by atoms with E-state index in [-0.39, 0.29) is 37.5 Å². The molecule has 14 heteroatoms. The van der Waals surface area contributed by atoms with Crippen LogP contribution in [0.4, 0.5) is 0 Å². The second-order valence-corrected chi connectivity index (χ2v) is 12.7. The molecule has 0 spiro atoms. The average Bonchev–Trinajstić information content (AvgIpc) is 3.39. The molecule has 47 heavy (non-hydrogen) atoms. The van der Waals surface area contributed by atoms with E-state index in [1.807, 2.05) is 24.3 Å². The van der Waals surface area contributed by atoms with Gasteiger partial charge in [0.1, 0.15) is 18.1 Å². The fourth-order valence-electron chi connectivity index (χ4n) is 4.63. The third kappa shape index (κ3) is 13.2. The maximum absolute atomic E-state index is 13.9. The summed E-state index contributed by atoms with van der Waals surface area (Å²) >= 11 is 0. The van der Waals surface area contributed by atoms with Crippen molar-refractivity contribution in [3.8, 4) is 0 Å². The van der Waals surface area contributed by atoms with Crippen molar-refractivity contribution in [2.45, 2.75) is 104 Å². The minimum absolute atomic E-state index is 0.131. The molecule has 5 N–H and O–H groups in total. The Bertz CT molecular complexity index is 1470. The number of aromatic nitrogens is 1. The largest absolute Gasteiger partial charge is 0.461 e. The highest BCUT2D eigenvalue weighted by Crippen LogP contribution is 2.20. The summed E-state index contributed by atoms with van der Waals surface area (Å²) < 4.78 is 5.28. The number of hydrogen-bond acceptors (Lipinski definition) is 7. The zero-order chi connectivity index (χ0) is 35.1. The van der Waals surface area contributed by atoms with E-state index in [2.05, 4.69) is 31.0 Å². The first kappa shape index (κ1) is 38.3. The van der Waals surface area contributed by atoms with Crippen molar-refractivity contribution >= 4 is 52.5 Å². The SMILES string of the molecule is CC(=O)NCCCC[C@H](NC(=O)[C@H](Cc1c[nH]c2ccccc12)NC(=O)C(C)(C)C)C(=O)N[C@@H](CCC(=O)C=[N+]=[N-])C(=O)OC(C)C. The Morgan fingerprint density at radius 1 is 0.936 bits per heavy atom. The van der Waals surface area contributed by atoms with Crippen LogP contribution in [0.1, 0.15) is 79.2 Å². The van der Waals surface area contributed by atoms with E-state index < -0.39 is 53.2 Å². The van der Waals surface area contributed by atoms with Crippen LogP contribution in [0.25, 0.3) is 16.4 Å². The molecule has 14 nitrogen and oxygen atoms in total. The molecule has 0 aliphatic heterocycles. The molecule has 0 radical (unpaired) electrons. The highest BCUT2D eigenvalue weighted by atomic mass is 16.5. The molecule has 3 atom stereocenters. The molecule has 0 fully saturated rings. The predicted octanol–water partition coefficient (Wildman–Crippen LogP) is 2.12. The Morgan fingerprint density at radius 3 is 2.23 bits per heavy atom. The van der Waals surface area contributed by atoms with Gasteiger partial charge in [-0.2, -0.15) is 4.79 Å². The van der Waals surface area contributed by atoms with E-state index in [0.29, 0.717) is 25.6 Å². The predicted molar refractivity (Wildman–Crippen MR) is 175 cm³/mol. The molecule has 4 amide bonds. The summed E-state index contributed by atoms with van der Waals surface area (Å²) in [5.41, 5.74) is 9.51. The lowest BCUT2D eigenvalue weighted by Crippen LogP contribution is -2.57. The summed E-state index contributed by atoms with van der Waals surface area (Å²) in [7, 11) is 0. The Hall–Kier alpha value is -4.84. The molecule has 1 aromatic heterocycles. The van der Waals surface area contributed by atoms with Gasteiger partial charge < -0.3 is 36.5 Å². The standard InChI is InChI=1S/C33H47N7O7/c1-20(2)47-31(45)27(15-14-23(42)19-37-34)39-29(43)26(13-9-10-16-35-21(3)41)38-30(44)28(40-32(46)33(4,5)6)17-22-18-36-25-12-8-7-11-24(22)25/h7-8,11-12,18-20,26-28,36H,9-10,13-17H2,1-6H3,(H,35,41)(H,38,44)(H,39,43)(H,40,46)/t26-,27-,28-/m0/s1. The van der Waals surface area contributed by atoms with Crippen LogP contribution in [0.15, 0.2) is 30.5 Å². The van der Waals surface area contributed by atoms with Crippen LogP contribution in [0.5, 0.6) is 0 Å². The lowest BCUT2D eigenvalue weighted by atomic mass is 9.94. The van der Waals surface area contributed by atoms with E-state index in [9.17, 15) is 28.8 Å². The van der Waals surface area contributed by atoms with Gasteiger partial charge in [0.25, 0.3) is 0 Å². The molecule has 0 aliphatic rings. The summed E-state index contributed by atoms with van der Waals surface area (Å²) in [6, 6.07) is 4.13. The van der Waals surface area contributed by atoms with Gasteiger partial charge >= 0.3 is 12.2 Å². The van der Waals surface area contributed by atoms with Crippen molar-refractivity contribution in [2.24, 2.45) is 5.41 Å². The Morgan fingerprint density at radius 2 is 1.60 bits per heavy atom.